The van der Waals surface area contributed by atoms with Crippen LogP contribution in [0.2, 0.25) is 0 Å². The minimum atomic E-state index is -0.881. The van der Waals surface area contributed by atoms with Crippen LogP contribution in [0.15, 0.2) is 83.9 Å². The maximum Gasteiger partial charge on any atom is 0.335 e. The number of aryl methyl sites for hydroxylation is 1. The summed E-state index contributed by atoms with van der Waals surface area (Å²) in [6.45, 7) is 2.43. The number of rotatable bonds is 8. The summed E-state index contributed by atoms with van der Waals surface area (Å²) in [6.07, 6.45) is 6.61. The Labute approximate surface area is 212 Å². The maximum atomic E-state index is 12.4. The van der Waals surface area contributed by atoms with Crippen molar-refractivity contribution < 1.29 is 14.3 Å². The number of allylic oxidation sites excluding steroid dienone is 1. The van der Waals surface area contributed by atoms with E-state index in [0.29, 0.717) is 12.0 Å². The highest BCUT2D eigenvalue weighted by Crippen LogP contribution is 2.37. The van der Waals surface area contributed by atoms with Gasteiger partial charge in [0, 0.05) is 19.6 Å². The second-order valence-electron chi connectivity index (χ2n) is 9.85. The Kier molecular flexibility index (Phi) is 7.43. The van der Waals surface area contributed by atoms with Crippen molar-refractivity contribution in [2.45, 2.75) is 32.1 Å². The Hall–Kier alpha value is -3.50. The second kappa shape index (κ2) is 11.0. The predicted molar refractivity (Wildman–Crippen MR) is 144 cm³/mol. The number of aromatic carboxylic acids is 1. The number of fused-ring (bicyclic) bond motifs is 1. The van der Waals surface area contributed by atoms with E-state index in [0.717, 1.165) is 56.4 Å². The molecule has 0 unspecified atom stereocenters. The number of halogens is 1. The second-order valence-corrected chi connectivity index (χ2v) is 9.85. The maximum absolute atomic E-state index is 12.4. The molecular formula is C32H32FNO2. The lowest BCUT2D eigenvalue weighted by molar-refractivity contribution is 0.0696. The van der Waals surface area contributed by atoms with E-state index < -0.39 is 5.97 Å². The van der Waals surface area contributed by atoms with Crippen LogP contribution in [-0.4, -0.2) is 42.3 Å². The molecule has 1 aliphatic heterocycles. The molecule has 1 saturated heterocycles. The molecule has 3 aromatic rings. The average molecular weight is 482 g/mol. The van der Waals surface area contributed by atoms with Gasteiger partial charge in [-0.05, 0) is 83.2 Å². The van der Waals surface area contributed by atoms with Gasteiger partial charge in [-0.2, -0.15) is 0 Å². The molecule has 0 atom stereocenters. The van der Waals surface area contributed by atoms with Gasteiger partial charge in [0.2, 0.25) is 0 Å². The molecule has 5 rings (SSSR count). The van der Waals surface area contributed by atoms with Crippen molar-refractivity contribution in [1.82, 2.24) is 4.90 Å². The minimum Gasteiger partial charge on any atom is -0.478 e. The Balaban J connectivity index is 1.48. The monoisotopic (exact) mass is 481 g/mol. The molecule has 3 aromatic carbocycles. The van der Waals surface area contributed by atoms with E-state index in [2.05, 4.69) is 59.5 Å². The number of likely N-dealkylation sites (tertiary alicyclic amines) is 1. The van der Waals surface area contributed by atoms with E-state index >= 15 is 0 Å². The number of benzene rings is 3. The highest BCUT2D eigenvalue weighted by atomic mass is 19.1. The van der Waals surface area contributed by atoms with Gasteiger partial charge in [0.05, 0.1) is 12.2 Å². The minimum absolute atomic E-state index is 0.250. The number of carbonyl (C=O) groups is 1. The highest BCUT2D eigenvalue weighted by Gasteiger charge is 2.21. The van der Waals surface area contributed by atoms with Gasteiger partial charge in [0.25, 0.3) is 0 Å². The van der Waals surface area contributed by atoms with E-state index in [4.69, 9.17) is 0 Å². The zero-order chi connectivity index (χ0) is 24.9. The lowest BCUT2D eigenvalue weighted by Gasteiger charge is -2.33. The number of carboxylic acid groups (broad SMARTS) is 1. The van der Waals surface area contributed by atoms with E-state index in [-0.39, 0.29) is 6.67 Å². The van der Waals surface area contributed by atoms with Crippen LogP contribution in [0, 0.1) is 0 Å². The van der Waals surface area contributed by atoms with Crippen LogP contribution in [0.5, 0.6) is 0 Å². The first-order valence-corrected chi connectivity index (χ1v) is 12.8. The average Bonchev–Trinajstić information content (AvgIpc) is 3.05. The molecule has 0 saturated carbocycles. The van der Waals surface area contributed by atoms with Gasteiger partial charge in [0.15, 0.2) is 0 Å². The van der Waals surface area contributed by atoms with Crippen molar-refractivity contribution in [3.05, 3.63) is 117 Å². The molecule has 0 radical (unpaired) electrons. The Bertz CT molecular complexity index is 1280. The van der Waals surface area contributed by atoms with Gasteiger partial charge < -0.3 is 5.11 Å². The number of hydrogen-bond acceptors (Lipinski definition) is 2. The molecule has 0 spiro atoms. The summed E-state index contributed by atoms with van der Waals surface area (Å²) in [5.41, 5.74) is 10.3. The summed E-state index contributed by atoms with van der Waals surface area (Å²) in [5, 5.41) is 9.54. The van der Waals surface area contributed by atoms with Crippen LogP contribution in [0.25, 0.3) is 11.6 Å². The number of carboxylic acids is 1. The van der Waals surface area contributed by atoms with Crippen molar-refractivity contribution in [3.63, 3.8) is 0 Å². The van der Waals surface area contributed by atoms with Crippen molar-refractivity contribution in [3.8, 4) is 0 Å². The van der Waals surface area contributed by atoms with Crippen LogP contribution in [-0.2, 0) is 12.8 Å². The third-order valence-electron chi connectivity index (χ3n) is 7.19. The van der Waals surface area contributed by atoms with Gasteiger partial charge in [-0.25, -0.2) is 4.79 Å². The topological polar surface area (TPSA) is 40.5 Å². The van der Waals surface area contributed by atoms with E-state index in [1.807, 2.05) is 18.2 Å². The lowest BCUT2D eigenvalue weighted by atomic mass is 9.87. The van der Waals surface area contributed by atoms with Crippen LogP contribution in [0.4, 0.5) is 4.39 Å². The molecule has 0 aromatic heterocycles. The third-order valence-corrected chi connectivity index (χ3v) is 7.19. The quantitative estimate of drug-likeness (QED) is 0.384. The molecule has 0 bridgehead atoms. The van der Waals surface area contributed by atoms with Crippen molar-refractivity contribution in [2.24, 2.45) is 0 Å². The normalized spacial score (nSPS) is 15.8. The van der Waals surface area contributed by atoms with E-state index in [1.54, 1.807) is 6.07 Å². The largest absolute Gasteiger partial charge is 0.478 e. The molecule has 4 heteroatoms. The van der Waals surface area contributed by atoms with Gasteiger partial charge in [0.1, 0.15) is 0 Å². The summed E-state index contributed by atoms with van der Waals surface area (Å²) in [6, 6.07) is 24.9. The Morgan fingerprint density at radius 1 is 0.972 bits per heavy atom. The molecular weight excluding hydrogens is 449 g/mol. The fraction of sp³-hybridized carbons (Fsp3) is 0.281. The summed E-state index contributed by atoms with van der Waals surface area (Å²) in [4.78, 5) is 13.9. The number of nitrogens with zero attached hydrogens (tertiary/aromatic N) is 1. The predicted octanol–water partition coefficient (Wildman–Crippen LogP) is 6.82. The molecule has 1 heterocycles. The molecule has 2 aliphatic rings. The first kappa shape index (κ1) is 24.2. The first-order valence-electron chi connectivity index (χ1n) is 12.8. The first-order chi connectivity index (χ1) is 17.6. The van der Waals surface area contributed by atoms with Crippen LogP contribution in [0.1, 0.15) is 57.4 Å². The zero-order valence-electron chi connectivity index (χ0n) is 20.6. The standard InChI is InChI=1S/C32H32FNO2/c33-16-5-17-34-21-25(22-34)18-24-10-12-26(13-11-24)31-28(19-23-6-2-1-3-7-23)9-4-8-27-20-29(32(35)36)14-15-30(27)31/h1-3,6-7,10-15,18,20H,4-5,8-9,16-17,19,21-22H2,(H,35,36). The van der Waals surface area contributed by atoms with Gasteiger partial charge >= 0.3 is 5.97 Å². The molecule has 184 valence electrons. The highest BCUT2D eigenvalue weighted by molar-refractivity contribution is 5.90. The summed E-state index contributed by atoms with van der Waals surface area (Å²) < 4.78 is 12.4. The van der Waals surface area contributed by atoms with E-state index in [9.17, 15) is 14.3 Å². The fourth-order valence-electron chi connectivity index (χ4n) is 5.41. The molecule has 3 nitrogen and oxygen atoms in total. The molecule has 36 heavy (non-hydrogen) atoms. The number of alkyl halides is 1. The van der Waals surface area contributed by atoms with Crippen molar-refractivity contribution >= 4 is 17.6 Å². The Morgan fingerprint density at radius 2 is 1.75 bits per heavy atom. The SMILES string of the molecule is O=C(O)c1ccc2c(c1)CCCC(Cc1ccccc1)=C2c1ccc(C=C2CN(CCCF)C2)cc1. The smallest absolute Gasteiger partial charge is 0.335 e. The van der Waals surface area contributed by atoms with Crippen molar-refractivity contribution in [2.75, 3.05) is 26.3 Å². The summed E-state index contributed by atoms with van der Waals surface area (Å²) in [7, 11) is 0. The summed E-state index contributed by atoms with van der Waals surface area (Å²) >= 11 is 0. The molecule has 1 aliphatic carbocycles. The fourth-order valence-corrected chi connectivity index (χ4v) is 5.41. The van der Waals surface area contributed by atoms with Crippen LogP contribution >= 0.6 is 0 Å². The van der Waals surface area contributed by atoms with Gasteiger partial charge in [-0.3, -0.25) is 9.29 Å². The molecule has 1 N–H and O–H groups in total. The number of hydrogen-bond donors (Lipinski definition) is 1. The Morgan fingerprint density at radius 3 is 2.47 bits per heavy atom. The lowest BCUT2D eigenvalue weighted by Crippen LogP contribution is -2.40. The van der Waals surface area contributed by atoms with Gasteiger partial charge in [-0.1, -0.05) is 72.3 Å². The third kappa shape index (κ3) is 5.50. The van der Waals surface area contributed by atoms with Gasteiger partial charge in [-0.15, -0.1) is 0 Å². The summed E-state index contributed by atoms with van der Waals surface area (Å²) in [5.74, 6) is -0.881. The zero-order valence-corrected chi connectivity index (χ0v) is 20.6. The van der Waals surface area contributed by atoms with E-state index in [1.165, 1.54) is 33.4 Å². The van der Waals surface area contributed by atoms with Crippen LogP contribution in [0.3, 0.4) is 0 Å². The molecule has 0 amide bonds. The van der Waals surface area contributed by atoms with Crippen molar-refractivity contribution in [1.29, 1.82) is 0 Å². The van der Waals surface area contributed by atoms with Crippen LogP contribution < -0.4 is 0 Å². The molecule has 1 fully saturated rings.